The molecule has 0 aliphatic carbocycles. The van der Waals surface area contributed by atoms with E-state index in [0.717, 1.165) is 23.1 Å². The van der Waals surface area contributed by atoms with Crippen LogP contribution in [0.25, 0.3) is 6.08 Å². The first-order valence-corrected chi connectivity index (χ1v) is 9.85. The summed E-state index contributed by atoms with van der Waals surface area (Å²) in [5, 5.41) is 11.3. The molecular weight excluding hydrogens is 407 g/mol. The zero-order valence-corrected chi connectivity index (χ0v) is 20.8. The van der Waals surface area contributed by atoms with Gasteiger partial charge in [-0.15, -0.1) is 0 Å². The number of Topliss-reactive ketones (excluding diaryl/α,β-unsaturated/α-hetero) is 1. The first kappa shape index (κ1) is 25.0. The zero-order valence-electron chi connectivity index (χ0n) is 18.8. The number of carbonyl (C=O) groups excluding carboxylic acids is 2. The second-order valence-corrected chi connectivity index (χ2v) is 7.83. The Morgan fingerprint density at radius 3 is 2.39 bits per heavy atom. The molecule has 1 aliphatic heterocycles. The smallest absolute Gasteiger partial charge is 0.546 e. The monoisotopic (exact) mass is 432 g/mol. The molecule has 0 unspecified atom stereocenters. The van der Waals surface area contributed by atoms with Crippen LogP contribution in [0, 0.1) is 13.8 Å². The van der Waals surface area contributed by atoms with Crippen molar-refractivity contribution in [2.45, 2.75) is 46.6 Å². The molecule has 0 N–H and O–H groups in total. The number of carbonyl (C=O) groups is 2. The Hall–Kier alpha value is -2.28. The fraction of sp³-hybridized carbons (Fsp3) is 0.333. The second-order valence-electron chi connectivity index (χ2n) is 7.83. The number of carboxylic acid groups (broad SMARTS) is 1. The summed E-state index contributed by atoms with van der Waals surface area (Å²) < 4.78 is 17.1. The number of hydrogen-bond donors (Lipinski definition) is 0. The predicted octanol–water partition coefficient (Wildman–Crippen LogP) is 0.620. The molecule has 1 heterocycles. The molecule has 0 aromatic heterocycles. The molecule has 158 valence electrons. The summed E-state index contributed by atoms with van der Waals surface area (Å²) in [6, 6.07) is 8.82. The van der Waals surface area contributed by atoms with Gasteiger partial charge in [-0.3, -0.25) is 4.79 Å². The number of allylic oxidation sites excluding steroid dienone is 1. The van der Waals surface area contributed by atoms with Crippen LogP contribution in [-0.4, -0.2) is 24.0 Å². The van der Waals surface area contributed by atoms with E-state index in [2.05, 4.69) is 0 Å². The topological polar surface area (TPSA) is 84.9 Å². The molecule has 1 aliphatic rings. The molecule has 2 aromatic rings. The minimum Gasteiger partial charge on any atom is -0.546 e. The van der Waals surface area contributed by atoms with Gasteiger partial charge in [0.05, 0.1) is 18.1 Å². The molecular formula is C24H25NaO6. The maximum Gasteiger partial charge on any atom is 1.00 e. The fourth-order valence-corrected chi connectivity index (χ4v) is 3.15. The van der Waals surface area contributed by atoms with Crippen molar-refractivity contribution in [1.29, 1.82) is 0 Å². The summed E-state index contributed by atoms with van der Waals surface area (Å²) in [5.74, 6) is 0.349. The number of aryl methyl sites for hydroxylation is 2. The Labute approximate surface area is 204 Å². The molecule has 0 saturated carbocycles. The predicted molar refractivity (Wildman–Crippen MR) is 111 cm³/mol. The van der Waals surface area contributed by atoms with Gasteiger partial charge in [-0.2, -0.15) is 0 Å². The van der Waals surface area contributed by atoms with Crippen molar-refractivity contribution in [2.24, 2.45) is 0 Å². The molecule has 0 atom stereocenters. The average molecular weight is 432 g/mol. The van der Waals surface area contributed by atoms with E-state index in [0.29, 0.717) is 29.4 Å². The number of hydrogen-bond acceptors (Lipinski definition) is 6. The SMILES string of the molecule is CCCOc1ccc2c(c1)O/C(=C\c1cc(C)c(OC(C)(C)C(=O)[O-])c(C)c1)C2=O.[Na+]. The standard InChI is InChI=1S/C24H26O6.Na/c1-6-9-28-17-7-8-18-19(13-17)29-20(21(18)25)12-16-10-14(2)22(15(3)11-16)30-24(4,5)23(26)27;/h7-8,10-13H,6,9H2,1-5H3,(H,26,27);/q;+1/p-1/b20-12-;. The molecule has 7 heteroatoms. The van der Waals surface area contributed by atoms with Gasteiger partial charge in [0.1, 0.15) is 22.8 Å². The van der Waals surface area contributed by atoms with E-state index in [4.69, 9.17) is 14.2 Å². The van der Waals surface area contributed by atoms with Gasteiger partial charge >= 0.3 is 29.6 Å². The number of benzene rings is 2. The molecule has 31 heavy (non-hydrogen) atoms. The van der Waals surface area contributed by atoms with E-state index < -0.39 is 11.6 Å². The van der Waals surface area contributed by atoms with Crippen LogP contribution in [0.3, 0.4) is 0 Å². The second kappa shape index (κ2) is 9.90. The van der Waals surface area contributed by atoms with Crippen molar-refractivity contribution >= 4 is 17.8 Å². The van der Waals surface area contributed by atoms with Crippen molar-refractivity contribution in [3.05, 3.63) is 58.3 Å². The number of ketones is 1. The van der Waals surface area contributed by atoms with Crippen LogP contribution >= 0.6 is 0 Å². The Morgan fingerprint density at radius 2 is 1.81 bits per heavy atom. The van der Waals surface area contributed by atoms with Gasteiger partial charge in [-0.25, -0.2) is 0 Å². The maximum atomic E-state index is 12.7. The summed E-state index contributed by atoms with van der Waals surface area (Å²) in [5.41, 5.74) is 1.28. The van der Waals surface area contributed by atoms with Gasteiger partial charge in [-0.05, 0) is 81.1 Å². The summed E-state index contributed by atoms with van der Waals surface area (Å²) in [6.45, 7) is 9.14. The minimum atomic E-state index is -1.46. The van der Waals surface area contributed by atoms with Crippen molar-refractivity contribution in [3.8, 4) is 17.2 Å². The van der Waals surface area contributed by atoms with E-state index in [1.54, 1.807) is 24.3 Å². The Kier molecular flexibility index (Phi) is 7.98. The maximum absolute atomic E-state index is 12.7. The molecule has 6 nitrogen and oxygen atoms in total. The molecule has 3 rings (SSSR count). The number of carboxylic acids is 1. The van der Waals surface area contributed by atoms with Gasteiger partial charge in [0.15, 0.2) is 5.76 Å². The molecule has 0 radical (unpaired) electrons. The molecule has 0 amide bonds. The van der Waals surface area contributed by atoms with Crippen LogP contribution in [0.2, 0.25) is 0 Å². The van der Waals surface area contributed by atoms with E-state index in [9.17, 15) is 14.7 Å². The quantitative estimate of drug-likeness (QED) is 0.471. The van der Waals surface area contributed by atoms with Crippen LogP contribution < -0.4 is 48.9 Å². The van der Waals surface area contributed by atoms with Gasteiger partial charge in [-0.1, -0.05) is 6.92 Å². The Balaban J connectivity index is 0.00000341. The van der Waals surface area contributed by atoms with Gasteiger partial charge in [0.25, 0.3) is 0 Å². The van der Waals surface area contributed by atoms with E-state index >= 15 is 0 Å². The van der Waals surface area contributed by atoms with Crippen molar-refractivity contribution < 1.29 is 58.5 Å². The van der Waals surface area contributed by atoms with Crippen LogP contribution in [-0.2, 0) is 4.79 Å². The number of ether oxygens (including phenoxy) is 3. The summed E-state index contributed by atoms with van der Waals surface area (Å²) in [4.78, 5) is 24.0. The largest absolute Gasteiger partial charge is 1.00 e. The van der Waals surface area contributed by atoms with Crippen LogP contribution in [0.15, 0.2) is 36.1 Å². The molecule has 0 fully saturated rings. The normalized spacial score (nSPS) is 14.0. The Morgan fingerprint density at radius 1 is 1.16 bits per heavy atom. The van der Waals surface area contributed by atoms with Crippen molar-refractivity contribution in [1.82, 2.24) is 0 Å². The third-order valence-corrected chi connectivity index (χ3v) is 4.74. The average Bonchev–Trinajstić information content (AvgIpc) is 2.98. The first-order chi connectivity index (χ1) is 14.1. The Bertz CT molecular complexity index is 1020. The van der Waals surface area contributed by atoms with Gasteiger partial charge < -0.3 is 24.1 Å². The van der Waals surface area contributed by atoms with Gasteiger partial charge in [0, 0.05) is 6.07 Å². The third-order valence-electron chi connectivity index (χ3n) is 4.74. The van der Waals surface area contributed by atoms with E-state index in [-0.39, 0.29) is 41.1 Å². The molecule has 0 saturated heterocycles. The van der Waals surface area contributed by atoms with E-state index in [1.165, 1.54) is 13.8 Å². The van der Waals surface area contributed by atoms with Gasteiger partial charge in [0.2, 0.25) is 5.78 Å². The van der Waals surface area contributed by atoms with Crippen LogP contribution in [0.1, 0.15) is 54.2 Å². The minimum absolute atomic E-state index is 0. The van der Waals surface area contributed by atoms with Crippen molar-refractivity contribution in [2.75, 3.05) is 6.61 Å². The zero-order chi connectivity index (χ0) is 22.1. The number of aliphatic carboxylic acids is 1. The molecule has 0 bridgehead atoms. The number of rotatable bonds is 7. The molecule has 0 spiro atoms. The van der Waals surface area contributed by atoms with Crippen molar-refractivity contribution in [3.63, 3.8) is 0 Å². The van der Waals surface area contributed by atoms with Crippen LogP contribution in [0.5, 0.6) is 17.2 Å². The fourth-order valence-electron chi connectivity index (χ4n) is 3.15. The molecule has 2 aromatic carbocycles. The third kappa shape index (κ3) is 5.50. The summed E-state index contributed by atoms with van der Waals surface area (Å²) >= 11 is 0. The van der Waals surface area contributed by atoms with E-state index in [1.807, 2.05) is 32.9 Å². The van der Waals surface area contributed by atoms with Crippen LogP contribution in [0.4, 0.5) is 0 Å². The first-order valence-electron chi connectivity index (χ1n) is 9.85. The number of fused-ring (bicyclic) bond motifs is 1. The summed E-state index contributed by atoms with van der Waals surface area (Å²) in [7, 11) is 0. The summed E-state index contributed by atoms with van der Waals surface area (Å²) in [6.07, 6.45) is 2.56.